The predicted octanol–water partition coefficient (Wildman–Crippen LogP) is 1.02. The number of benzene rings is 1. The number of carboxylic acids is 1. The molecule has 1 fully saturated rings. The molecule has 0 aliphatic carbocycles. The van der Waals surface area contributed by atoms with E-state index in [-0.39, 0.29) is 18.1 Å². The molecule has 116 valence electrons. The molecule has 1 heterocycles. The van der Waals surface area contributed by atoms with Crippen LogP contribution >= 0.6 is 0 Å². The predicted molar refractivity (Wildman–Crippen MR) is 76.5 cm³/mol. The van der Waals surface area contributed by atoms with E-state index in [1.807, 2.05) is 6.92 Å². The van der Waals surface area contributed by atoms with Gasteiger partial charge in [0.1, 0.15) is 5.41 Å². The zero-order chi connectivity index (χ0) is 15.7. The molecule has 0 saturated carbocycles. The van der Waals surface area contributed by atoms with E-state index in [0.29, 0.717) is 0 Å². The lowest BCUT2D eigenvalue weighted by Crippen LogP contribution is -2.49. The molecular formula is C14H19NO5S. The third kappa shape index (κ3) is 3.09. The first-order valence-electron chi connectivity index (χ1n) is 6.72. The number of ether oxygens (including phenoxy) is 1. The summed E-state index contributed by atoms with van der Waals surface area (Å²) in [6.45, 7) is 3.50. The van der Waals surface area contributed by atoms with Crippen LogP contribution < -0.4 is 4.72 Å². The molecule has 1 saturated heterocycles. The van der Waals surface area contributed by atoms with Gasteiger partial charge in [-0.25, -0.2) is 13.1 Å². The molecule has 0 amide bonds. The number of carboxylic acid groups (broad SMARTS) is 1. The van der Waals surface area contributed by atoms with Crippen LogP contribution in [0.5, 0.6) is 0 Å². The van der Waals surface area contributed by atoms with E-state index in [0.717, 1.165) is 12.0 Å². The zero-order valence-corrected chi connectivity index (χ0v) is 12.8. The Balaban J connectivity index is 2.22. The van der Waals surface area contributed by atoms with Gasteiger partial charge in [0.05, 0.1) is 24.2 Å². The minimum atomic E-state index is -3.77. The first-order chi connectivity index (χ1) is 9.79. The minimum Gasteiger partial charge on any atom is -0.481 e. The largest absolute Gasteiger partial charge is 0.481 e. The molecule has 2 unspecified atom stereocenters. The summed E-state index contributed by atoms with van der Waals surface area (Å²) in [4.78, 5) is 11.4. The highest BCUT2D eigenvalue weighted by molar-refractivity contribution is 7.89. The van der Waals surface area contributed by atoms with Crippen molar-refractivity contribution in [3.8, 4) is 0 Å². The molecule has 0 radical (unpaired) electrons. The van der Waals surface area contributed by atoms with Gasteiger partial charge in [0.2, 0.25) is 10.0 Å². The Morgan fingerprint density at radius 2 is 2.05 bits per heavy atom. The molecule has 0 spiro atoms. The Labute approximate surface area is 124 Å². The van der Waals surface area contributed by atoms with Crippen LogP contribution in [0, 0.1) is 5.41 Å². The standard InChI is InChI=1S/C14H19NO5S/c1-3-10-4-6-11(7-5-10)21(18,19)15-12-8-20-9-14(12,2)13(16)17/h4-7,12,15H,3,8-9H2,1-2H3,(H,16,17). The maximum Gasteiger partial charge on any atom is 0.313 e. The van der Waals surface area contributed by atoms with Gasteiger partial charge in [0.25, 0.3) is 0 Å². The third-order valence-corrected chi connectivity index (χ3v) is 5.37. The number of aliphatic carboxylic acids is 1. The summed E-state index contributed by atoms with van der Waals surface area (Å²) < 4.78 is 32.3. The van der Waals surface area contributed by atoms with Gasteiger partial charge in [-0.05, 0) is 31.0 Å². The van der Waals surface area contributed by atoms with E-state index in [1.54, 1.807) is 12.1 Å². The van der Waals surface area contributed by atoms with Gasteiger partial charge >= 0.3 is 5.97 Å². The van der Waals surface area contributed by atoms with Crippen molar-refractivity contribution in [2.45, 2.75) is 31.2 Å². The monoisotopic (exact) mass is 313 g/mol. The van der Waals surface area contributed by atoms with Crippen molar-refractivity contribution in [3.63, 3.8) is 0 Å². The number of aryl methyl sites for hydroxylation is 1. The number of carbonyl (C=O) groups is 1. The second-order valence-corrected chi connectivity index (χ2v) is 7.12. The van der Waals surface area contributed by atoms with Crippen molar-refractivity contribution in [3.05, 3.63) is 29.8 Å². The molecule has 1 aromatic carbocycles. The molecule has 1 aromatic rings. The molecule has 2 N–H and O–H groups in total. The quantitative estimate of drug-likeness (QED) is 0.846. The molecule has 2 atom stereocenters. The minimum absolute atomic E-state index is 0.00963. The van der Waals surface area contributed by atoms with Gasteiger partial charge < -0.3 is 9.84 Å². The van der Waals surface area contributed by atoms with Gasteiger partial charge in [-0.2, -0.15) is 0 Å². The fourth-order valence-corrected chi connectivity index (χ4v) is 3.54. The molecule has 1 aliphatic rings. The number of rotatable bonds is 5. The van der Waals surface area contributed by atoms with Crippen molar-refractivity contribution < 1.29 is 23.1 Å². The van der Waals surface area contributed by atoms with Crippen LogP contribution in [0.15, 0.2) is 29.2 Å². The summed E-state index contributed by atoms with van der Waals surface area (Å²) in [5.74, 6) is -1.07. The van der Waals surface area contributed by atoms with E-state index in [2.05, 4.69) is 4.72 Å². The first-order valence-corrected chi connectivity index (χ1v) is 8.20. The lowest BCUT2D eigenvalue weighted by molar-refractivity contribution is -0.148. The fourth-order valence-electron chi connectivity index (χ4n) is 2.21. The summed E-state index contributed by atoms with van der Waals surface area (Å²) >= 11 is 0. The topological polar surface area (TPSA) is 92.7 Å². The fraction of sp³-hybridized carbons (Fsp3) is 0.500. The molecule has 6 nitrogen and oxygen atoms in total. The molecule has 0 bridgehead atoms. The molecule has 1 aliphatic heterocycles. The molecule has 2 rings (SSSR count). The van der Waals surface area contributed by atoms with Crippen LogP contribution in [0.2, 0.25) is 0 Å². The lowest BCUT2D eigenvalue weighted by atomic mass is 9.86. The van der Waals surface area contributed by atoms with Gasteiger partial charge in [-0.3, -0.25) is 4.79 Å². The van der Waals surface area contributed by atoms with Crippen LogP contribution in [0.3, 0.4) is 0 Å². The van der Waals surface area contributed by atoms with E-state index >= 15 is 0 Å². The Bertz CT molecular complexity index is 625. The van der Waals surface area contributed by atoms with Gasteiger partial charge in [0.15, 0.2) is 0 Å². The number of hydrogen-bond donors (Lipinski definition) is 2. The van der Waals surface area contributed by atoms with Crippen molar-refractivity contribution in [1.29, 1.82) is 0 Å². The second-order valence-electron chi connectivity index (χ2n) is 5.41. The molecule has 0 aromatic heterocycles. The number of nitrogens with one attached hydrogen (secondary N) is 1. The second kappa shape index (κ2) is 5.75. The van der Waals surface area contributed by atoms with Crippen molar-refractivity contribution >= 4 is 16.0 Å². The average molecular weight is 313 g/mol. The van der Waals surface area contributed by atoms with Crippen LogP contribution in [0.25, 0.3) is 0 Å². The summed E-state index contributed by atoms with van der Waals surface area (Å²) in [6, 6.07) is 5.75. The van der Waals surface area contributed by atoms with E-state index in [1.165, 1.54) is 19.1 Å². The van der Waals surface area contributed by atoms with Gasteiger partial charge in [0, 0.05) is 0 Å². The van der Waals surface area contributed by atoms with E-state index in [9.17, 15) is 18.3 Å². The first kappa shape index (κ1) is 15.9. The van der Waals surface area contributed by atoms with Crippen LogP contribution in [-0.4, -0.2) is 38.7 Å². The molecule has 7 heteroatoms. The Morgan fingerprint density at radius 3 is 2.57 bits per heavy atom. The zero-order valence-electron chi connectivity index (χ0n) is 12.0. The Hall–Kier alpha value is -1.44. The highest BCUT2D eigenvalue weighted by atomic mass is 32.2. The summed E-state index contributed by atoms with van der Waals surface area (Å²) in [6.07, 6.45) is 0.821. The Kier molecular flexibility index (Phi) is 4.36. The highest BCUT2D eigenvalue weighted by Gasteiger charge is 2.48. The van der Waals surface area contributed by atoms with E-state index in [4.69, 9.17) is 4.74 Å². The lowest BCUT2D eigenvalue weighted by Gasteiger charge is -2.25. The Morgan fingerprint density at radius 1 is 1.43 bits per heavy atom. The summed E-state index contributed by atoms with van der Waals surface area (Å²) in [7, 11) is -3.77. The summed E-state index contributed by atoms with van der Waals surface area (Å²) in [5, 5.41) is 9.26. The van der Waals surface area contributed by atoms with Crippen molar-refractivity contribution in [2.75, 3.05) is 13.2 Å². The third-order valence-electron chi connectivity index (χ3n) is 3.88. The van der Waals surface area contributed by atoms with E-state index < -0.39 is 27.4 Å². The van der Waals surface area contributed by atoms with Crippen LogP contribution in [0.1, 0.15) is 19.4 Å². The molecule has 21 heavy (non-hydrogen) atoms. The molecular weight excluding hydrogens is 294 g/mol. The number of sulfonamides is 1. The number of hydrogen-bond acceptors (Lipinski definition) is 4. The van der Waals surface area contributed by atoms with Gasteiger partial charge in [-0.15, -0.1) is 0 Å². The highest BCUT2D eigenvalue weighted by Crippen LogP contribution is 2.30. The summed E-state index contributed by atoms with van der Waals surface area (Å²) in [5.41, 5.74) is -0.218. The average Bonchev–Trinajstić information content (AvgIpc) is 2.81. The maximum atomic E-state index is 12.3. The smallest absolute Gasteiger partial charge is 0.313 e. The SMILES string of the molecule is CCc1ccc(S(=O)(=O)NC2COCC2(C)C(=O)O)cc1. The van der Waals surface area contributed by atoms with Crippen LogP contribution in [0.4, 0.5) is 0 Å². The maximum absolute atomic E-state index is 12.3. The normalized spacial score (nSPS) is 25.9. The van der Waals surface area contributed by atoms with Gasteiger partial charge in [-0.1, -0.05) is 19.1 Å². The van der Waals surface area contributed by atoms with Crippen molar-refractivity contribution in [2.24, 2.45) is 5.41 Å². The van der Waals surface area contributed by atoms with Crippen LogP contribution in [-0.2, 0) is 26.0 Å². The van der Waals surface area contributed by atoms with Crippen molar-refractivity contribution in [1.82, 2.24) is 4.72 Å².